The fourth-order valence-corrected chi connectivity index (χ4v) is 2.81. The van der Waals surface area contributed by atoms with Crippen molar-refractivity contribution in [3.63, 3.8) is 0 Å². The standard InChI is InChI=1S/C17H25NO3/c1-2-10-21-15-8-5-7-13(11-15)17(20)18-16-9-4-3-6-14(16)12-19/h5,7-8,11,14,16,19H,2-4,6,9-10,12H2,1H3,(H,18,20). The van der Waals surface area contributed by atoms with Gasteiger partial charge in [0.05, 0.1) is 6.61 Å². The van der Waals surface area contributed by atoms with Crippen molar-refractivity contribution in [2.24, 2.45) is 5.92 Å². The van der Waals surface area contributed by atoms with Gasteiger partial charge in [-0.05, 0) is 37.5 Å². The maximum atomic E-state index is 12.4. The number of benzene rings is 1. The van der Waals surface area contributed by atoms with Gasteiger partial charge in [-0.3, -0.25) is 4.79 Å². The average molecular weight is 291 g/mol. The molecular formula is C17H25NO3. The lowest BCUT2D eigenvalue weighted by atomic mass is 9.85. The summed E-state index contributed by atoms with van der Waals surface area (Å²) in [5, 5.41) is 12.5. The Balaban J connectivity index is 1.98. The van der Waals surface area contributed by atoms with Crippen LogP contribution in [0.5, 0.6) is 5.75 Å². The van der Waals surface area contributed by atoms with Gasteiger partial charge < -0.3 is 15.2 Å². The Morgan fingerprint density at radius 3 is 2.95 bits per heavy atom. The lowest BCUT2D eigenvalue weighted by molar-refractivity contribution is 0.0872. The van der Waals surface area contributed by atoms with Crippen LogP contribution in [0.4, 0.5) is 0 Å². The molecule has 4 heteroatoms. The predicted molar refractivity (Wildman–Crippen MR) is 82.5 cm³/mol. The molecule has 2 unspecified atom stereocenters. The molecule has 1 aromatic carbocycles. The monoisotopic (exact) mass is 291 g/mol. The van der Waals surface area contributed by atoms with Gasteiger partial charge in [-0.1, -0.05) is 25.8 Å². The molecule has 4 nitrogen and oxygen atoms in total. The highest BCUT2D eigenvalue weighted by molar-refractivity contribution is 5.94. The van der Waals surface area contributed by atoms with Crippen molar-refractivity contribution in [1.82, 2.24) is 5.32 Å². The number of nitrogens with one attached hydrogen (secondary N) is 1. The highest BCUT2D eigenvalue weighted by Crippen LogP contribution is 2.24. The topological polar surface area (TPSA) is 58.6 Å². The number of aliphatic hydroxyl groups is 1. The summed E-state index contributed by atoms with van der Waals surface area (Å²) >= 11 is 0. The van der Waals surface area contributed by atoms with Gasteiger partial charge in [0, 0.05) is 24.1 Å². The van der Waals surface area contributed by atoms with Crippen LogP contribution in [-0.2, 0) is 0 Å². The first-order valence-corrected chi connectivity index (χ1v) is 7.89. The quantitative estimate of drug-likeness (QED) is 0.847. The van der Waals surface area contributed by atoms with Crippen molar-refractivity contribution in [1.29, 1.82) is 0 Å². The summed E-state index contributed by atoms with van der Waals surface area (Å²) in [5.41, 5.74) is 0.617. The number of carbonyl (C=O) groups excluding carboxylic acids is 1. The van der Waals surface area contributed by atoms with Gasteiger partial charge in [0.15, 0.2) is 0 Å². The van der Waals surface area contributed by atoms with Crippen molar-refractivity contribution in [3.8, 4) is 5.75 Å². The molecule has 0 saturated heterocycles. The second-order valence-corrected chi connectivity index (χ2v) is 5.68. The minimum Gasteiger partial charge on any atom is -0.494 e. The molecule has 0 radical (unpaired) electrons. The van der Waals surface area contributed by atoms with Crippen LogP contribution in [0.3, 0.4) is 0 Å². The molecule has 1 aliphatic carbocycles. The van der Waals surface area contributed by atoms with Crippen LogP contribution in [0.1, 0.15) is 49.4 Å². The van der Waals surface area contributed by atoms with Crippen molar-refractivity contribution in [2.75, 3.05) is 13.2 Å². The average Bonchev–Trinajstić information content (AvgIpc) is 2.53. The van der Waals surface area contributed by atoms with Gasteiger partial charge in [-0.25, -0.2) is 0 Å². The molecule has 0 aliphatic heterocycles. The Morgan fingerprint density at radius 1 is 1.38 bits per heavy atom. The van der Waals surface area contributed by atoms with Crippen LogP contribution >= 0.6 is 0 Å². The lowest BCUT2D eigenvalue weighted by Crippen LogP contribution is -2.43. The normalized spacial score (nSPS) is 21.8. The number of hydrogen-bond acceptors (Lipinski definition) is 3. The zero-order chi connectivity index (χ0) is 15.1. The SMILES string of the molecule is CCCOc1cccc(C(=O)NC2CCCCC2CO)c1. The molecule has 1 amide bonds. The highest BCUT2D eigenvalue weighted by Gasteiger charge is 2.26. The van der Waals surface area contributed by atoms with E-state index >= 15 is 0 Å². The maximum absolute atomic E-state index is 12.4. The summed E-state index contributed by atoms with van der Waals surface area (Å²) in [6.45, 7) is 2.85. The Hall–Kier alpha value is -1.55. The largest absolute Gasteiger partial charge is 0.494 e. The molecular weight excluding hydrogens is 266 g/mol. The third-order valence-electron chi connectivity index (χ3n) is 4.03. The van der Waals surface area contributed by atoms with Crippen LogP contribution in [-0.4, -0.2) is 30.3 Å². The van der Waals surface area contributed by atoms with Gasteiger partial charge in [0.1, 0.15) is 5.75 Å². The smallest absolute Gasteiger partial charge is 0.251 e. The van der Waals surface area contributed by atoms with Crippen LogP contribution < -0.4 is 10.1 Å². The molecule has 2 atom stereocenters. The fourth-order valence-electron chi connectivity index (χ4n) is 2.81. The van der Waals surface area contributed by atoms with E-state index in [0.717, 1.165) is 37.9 Å². The number of rotatable bonds is 6. The van der Waals surface area contributed by atoms with Gasteiger partial charge in [-0.15, -0.1) is 0 Å². The molecule has 0 spiro atoms. The third-order valence-corrected chi connectivity index (χ3v) is 4.03. The first-order chi connectivity index (χ1) is 10.2. The predicted octanol–water partition coefficient (Wildman–Crippen LogP) is 2.76. The van der Waals surface area contributed by atoms with Crippen molar-refractivity contribution in [2.45, 2.75) is 45.1 Å². The molecule has 116 valence electrons. The summed E-state index contributed by atoms with van der Waals surface area (Å²) in [5.74, 6) is 0.830. The zero-order valence-corrected chi connectivity index (χ0v) is 12.7. The van der Waals surface area contributed by atoms with Crippen molar-refractivity contribution >= 4 is 5.91 Å². The summed E-state index contributed by atoms with van der Waals surface area (Å²) in [6, 6.07) is 7.36. The number of amides is 1. The number of ether oxygens (including phenoxy) is 1. The maximum Gasteiger partial charge on any atom is 0.251 e. The Morgan fingerprint density at radius 2 is 2.19 bits per heavy atom. The van der Waals surface area contributed by atoms with Crippen LogP contribution in [0.15, 0.2) is 24.3 Å². The molecule has 0 aromatic heterocycles. The number of aliphatic hydroxyl groups excluding tert-OH is 1. The Kier molecular flexibility index (Phi) is 6.05. The molecule has 1 fully saturated rings. The molecule has 0 bridgehead atoms. The van der Waals surface area contributed by atoms with Gasteiger partial charge in [0.2, 0.25) is 0 Å². The highest BCUT2D eigenvalue weighted by atomic mass is 16.5. The van der Waals surface area contributed by atoms with Crippen LogP contribution in [0.25, 0.3) is 0 Å². The summed E-state index contributed by atoms with van der Waals surface area (Å²) in [6.07, 6.45) is 5.12. The van der Waals surface area contributed by atoms with E-state index in [1.165, 1.54) is 0 Å². The molecule has 0 heterocycles. The summed E-state index contributed by atoms with van der Waals surface area (Å²) < 4.78 is 5.56. The summed E-state index contributed by atoms with van der Waals surface area (Å²) in [4.78, 5) is 12.4. The van der Waals surface area contributed by atoms with E-state index in [2.05, 4.69) is 12.2 Å². The molecule has 2 rings (SSSR count). The van der Waals surface area contributed by atoms with E-state index in [1.54, 1.807) is 12.1 Å². The molecule has 1 saturated carbocycles. The van der Waals surface area contributed by atoms with Crippen molar-refractivity contribution in [3.05, 3.63) is 29.8 Å². The lowest BCUT2D eigenvalue weighted by Gasteiger charge is -2.30. The first-order valence-electron chi connectivity index (χ1n) is 7.89. The fraction of sp³-hybridized carbons (Fsp3) is 0.588. The minimum absolute atomic E-state index is 0.0801. The molecule has 1 aliphatic rings. The number of hydrogen-bond donors (Lipinski definition) is 2. The summed E-state index contributed by atoms with van der Waals surface area (Å²) in [7, 11) is 0. The number of carbonyl (C=O) groups is 1. The van der Waals surface area contributed by atoms with Crippen LogP contribution in [0, 0.1) is 5.92 Å². The van der Waals surface area contributed by atoms with E-state index < -0.39 is 0 Å². The van der Waals surface area contributed by atoms with Gasteiger partial charge in [-0.2, -0.15) is 0 Å². The molecule has 2 N–H and O–H groups in total. The van der Waals surface area contributed by atoms with E-state index in [0.29, 0.717) is 12.2 Å². The van der Waals surface area contributed by atoms with Crippen molar-refractivity contribution < 1.29 is 14.6 Å². The van der Waals surface area contributed by atoms with E-state index in [1.807, 2.05) is 12.1 Å². The third kappa shape index (κ3) is 4.46. The first kappa shape index (κ1) is 15.8. The van der Waals surface area contributed by atoms with Gasteiger partial charge >= 0.3 is 0 Å². The Labute approximate surface area is 126 Å². The molecule has 21 heavy (non-hydrogen) atoms. The second kappa shape index (κ2) is 8.03. The van der Waals surface area contributed by atoms with Gasteiger partial charge in [0.25, 0.3) is 5.91 Å². The second-order valence-electron chi connectivity index (χ2n) is 5.68. The zero-order valence-electron chi connectivity index (χ0n) is 12.7. The van der Waals surface area contributed by atoms with Crippen LogP contribution in [0.2, 0.25) is 0 Å². The minimum atomic E-state index is -0.0812. The van der Waals surface area contributed by atoms with E-state index in [9.17, 15) is 9.90 Å². The Bertz CT molecular complexity index is 461. The van der Waals surface area contributed by atoms with E-state index in [4.69, 9.17) is 4.74 Å². The molecule has 1 aromatic rings. The van der Waals surface area contributed by atoms with E-state index in [-0.39, 0.29) is 24.5 Å².